The summed E-state index contributed by atoms with van der Waals surface area (Å²) in [6, 6.07) is 0. The second kappa shape index (κ2) is 18.7. The summed E-state index contributed by atoms with van der Waals surface area (Å²) < 4.78 is 16.4. The lowest BCUT2D eigenvalue weighted by molar-refractivity contribution is -0.121. The van der Waals surface area contributed by atoms with Gasteiger partial charge in [-0.1, -0.05) is 40.0 Å². The van der Waals surface area contributed by atoms with E-state index in [1.165, 1.54) is 12.8 Å². The van der Waals surface area contributed by atoms with E-state index in [2.05, 4.69) is 26.1 Å². The molecule has 1 unspecified atom stereocenters. The van der Waals surface area contributed by atoms with Gasteiger partial charge in [0.2, 0.25) is 5.91 Å². The van der Waals surface area contributed by atoms with Crippen molar-refractivity contribution in [2.45, 2.75) is 65.7 Å². The number of hydrogen-bond donors (Lipinski definition) is 1. The van der Waals surface area contributed by atoms with Crippen molar-refractivity contribution in [1.29, 1.82) is 0 Å². The molecule has 144 valence electrons. The Morgan fingerprint density at radius 1 is 0.875 bits per heavy atom. The minimum absolute atomic E-state index is 0.151. The molecule has 0 radical (unpaired) electrons. The highest BCUT2D eigenvalue weighted by molar-refractivity contribution is 5.75. The van der Waals surface area contributed by atoms with Crippen LogP contribution in [0.15, 0.2) is 0 Å². The predicted octanol–water partition coefficient (Wildman–Crippen LogP) is 3.56. The zero-order chi connectivity index (χ0) is 17.9. The summed E-state index contributed by atoms with van der Waals surface area (Å²) in [4.78, 5) is 11.6. The maximum Gasteiger partial charge on any atom is 0.220 e. The topological polar surface area (TPSA) is 56.8 Å². The summed E-state index contributed by atoms with van der Waals surface area (Å²) >= 11 is 0. The molecule has 0 aromatic carbocycles. The first-order chi connectivity index (χ1) is 11.7. The van der Waals surface area contributed by atoms with Crippen LogP contribution in [-0.4, -0.2) is 52.1 Å². The van der Waals surface area contributed by atoms with Gasteiger partial charge in [-0.3, -0.25) is 4.79 Å². The van der Waals surface area contributed by atoms with Crippen LogP contribution in [0.25, 0.3) is 0 Å². The van der Waals surface area contributed by atoms with E-state index in [-0.39, 0.29) is 5.91 Å². The molecule has 0 saturated heterocycles. The Labute approximate surface area is 148 Å². The Balaban J connectivity index is 3.13. The minimum Gasteiger partial charge on any atom is -0.379 e. The van der Waals surface area contributed by atoms with Gasteiger partial charge in [0.05, 0.1) is 26.4 Å². The highest BCUT2D eigenvalue weighted by Gasteiger charge is 2.04. The van der Waals surface area contributed by atoms with Gasteiger partial charge in [0.15, 0.2) is 0 Å². The highest BCUT2D eigenvalue weighted by Crippen LogP contribution is 2.08. The molecule has 0 spiro atoms. The minimum atomic E-state index is 0.151. The lowest BCUT2D eigenvalue weighted by Gasteiger charge is -2.09. The second-order valence-electron chi connectivity index (χ2n) is 6.30. The standard InChI is InChI=1S/C19H39NO4/c1-4-6-7-12-22-14-16-24-17-15-23-13-8-11-20-19(21)10-9-18(3)5-2/h18H,4-17H2,1-3H3,(H,20,21). The Morgan fingerprint density at radius 3 is 2.04 bits per heavy atom. The van der Waals surface area contributed by atoms with Gasteiger partial charge < -0.3 is 19.5 Å². The third-order valence-electron chi connectivity index (χ3n) is 3.98. The van der Waals surface area contributed by atoms with Crippen LogP contribution < -0.4 is 5.32 Å². The number of amides is 1. The normalized spacial score (nSPS) is 12.3. The first-order valence-corrected chi connectivity index (χ1v) is 9.70. The van der Waals surface area contributed by atoms with Crippen LogP contribution in [0.2, 0.25) is 0 Å². The van der Waals surface area contributed by atoms with Crippen LogP contribution in [0.5, 0.6) is 0 Å². The number of ether oxygens (including phenoxy) is 3. The number of nitrogens with one attached hydrogen (secondary N) is 1. The monoisotopic (exact) mass is 345 g/mol. The average molecular weight is 346 g/mol. The van der Waals surface area contributed by atoms with E-state index in [9.17, 15) is 4.79 Å². The number of carbonyl (C=O) groups excluding carboxylic acids is 1. The largest absolute Gasteiger partial charge is 0.379 e. The van der Waals surface area contributed by atoms with Crippen LogP contribution in [0.4, 0.5) is 0 Å². The summed E-state index contributed by atoms with van der Waals surface area (Å²) in [5, 5.41) is 2.94. The van der Waals surface area contributed by atoms with Crippen LogP contribution >= 0.6 is 0 Å². The third-order valence-corrected chi connectivity index (χ3v) is 3.98. The summed E-state index contributed by atoms with van der Waals surface area (Å²) in [5.41, 5.74) is 0. The summed E-state index contributed by atoms with van der Waals surface area (Å²) in [7, 11) is 0. The average Bonchev–Trinajstić information content (AvgIpc) is 2.59. The SMILES string of the molecule is CCCCCOCCOCCOCCCNC(=O)CCC(C)CC. The molecule has 0 bridgehead atoms. The maximum atomic E-state index is 11.6. The fourth-order valence-corrected chi connectivity index (χ4v) is 2.07. The molecule has 0 fully saturated rings. The lowest BCUT2D eigenvalue weighted by Crippen LogP contribution is -2.25. The fourth-order valence-electron chi connectivity index (χ4n) is 2.07. The van der Waals surface area contributed by atoms with Gasteiger partial charge in [0.1, 0.15) is 0 Å². The van der Waals surface area contributed by atoms with Crippen molar-refractivity contribution in [2.75, 3.05) is 46.2 Å². The van der Waals surface area contributed by atoms with Crippen molar-refractivity contribution < 1.29 is 19.0 Å². The van der Waals surface area contributed by atoms with E-state index in [0.29, 0.717) is 51.9 Å². The van der Waals surface area contributed by atoms with Gasteiger partial charge in [-0.2, -0.15) is 0 Å². The zero-order valence-electron chi connectivity index (χ0n) is 16.1. The summed E-state index contributed by atoms with van der Waals surface area (Å²) in [5.74, 6) is 0.776. The molecular weight excluding hydrogens is 306 g/mol. The highest BCUT2D eigenvalue weighted by atomic mass is 16.5. The molecule has 0 saturated carbocycles. The maximum absolute atomic E-state index is 11.6. The van der Waals surface area contributed by atoms with Crippen molar-refractivity contribution in [3.05, 3.63) is 0 Å². The second-order valence-corrected chi connectivity index (χ2v) is 6.30. The van der Waals surface area contributed by atoms with E-state index >= 15 is 0 Å². The predicted molar refractivity (Wildman–Crippen MR) is 98.3 cm³/mol. The fraction of sp³-hybridized carbons (Fsp3) is 0.947. The molecule has 5 nitrogen and oxygen atoms in total. The lowest BCUT2D eigenvalue weighted by atomic mass is 10.0. The number of rotatable bonds is 18. The van der Waals surface area contributed by atoms with Crippen LogP contribution in [0.3, 0.4) is 0 Å². The molecular formula is C19H39NO4. The first kappa shape index (κ1) is 23.4. The molecule has 24 heavy (non-hydrogen) atoms. The molecule has 1 amide bonds. The van der Waals surface area contributed by atoms with E-state index < -0.39 is 0 Å². The molecule has 0 rings (SSSR count). The first-order valence-electron chi connectivity index (χ1n) is 9.70. The Kier molecular flexibility index (Phi) is 18.2. The van der Waals surface area contributed by atoms with Crippen molar-refractivity contribution >= 4 is 5.91 Å². The van der Waals surface area contributed by atoms with Crippen LogP contribution in [-0.2, 0) is 19.0 Å². The molecule has 5 heteroatoms. The van der Waals surface area contributed by atoms with Crippen molar-refractivity contribution in [2.24, 2.45) is 5.92 Å². The number of hydrogen-bond acceptors (Lipinski definition) is 4. The van der Waals surface area contributed by atoms with Crippen molar-refractivity contribution in [1.82, 2.24) is 5.32 Å². The molecule has 0 aliphatic rings. The van der Waals surface area contributed by atoms with Crippen molar-refractivity contribution in [3.63, 3.8) is 0 Å². The Morgan fingerprint density at radius 2 is 1.46 bits per heavy atom. The van der Waals surface area contributed by atoms with E-state index in [0.717, 1.165) is 32.3 Å². The molecule has 0 aliphatic heterocycles. The Bertz CT molecular complexity index is 274. The Hall–Kier alpha value is -0.650. The smallest absolute Gasteiger partial charge is 0.220 e. The number of unbranched alkanes of at least 4 members (excludes halogenated alkanes) is 2. The van der Waals surface area contributed by atoms with E-state index in [1.807, 2.05) is 0 Å². The van der Waals surface area contributed by atoms with Gasteiger partial charge in [-0.05, 0) is 25.2 Å². The van der Waals surface area contributed by atoms with Crippen molar-refractivity contribution in [3.8, 4) is 0 Å². The molecule has 0 aromatic rings. The molecule has 1 atom stereocenters. The quantitative estimate of drug-likeness (QED) is 0.386. The van der Waals surface area contributed by atoms with Gasteiger partial charge in [0.25, 0.3) is 0 Å². The molecule has 1 N–H and O–H groups in total. The van der Waals surface area contributed by atoms with E-state index in [1.54, 1.807) is 0 Å². The van der Waals surface area contributed by atoms with Gasteiger partial charge >= 0.3 is 0 Å². The van der Waals surface area contributed by atoms with E-state index in [4.69, 9.17) is 14.2 Å². The van der Waals surface area contributed by atoms with Gasteiger partial charge in [-0.15, -0.1) is 0 Å². The van der Waals surface area contributed by atoms with Crippen LogP contribution in [0, 0.1) is 5.92 Å². The summed E-state index contributed by atoms with van der Waals surface area (Å²) in [6.45, 7) is 11.2. The third kappa shape index (κ3) is 17.7. The zero-order valence-corrected chi connectivity index (χ0v) is 16.1. The van der Waals surface area contributed by atoms with Crippen LogP contribution in [0.1, 0.15) is 65.7 Å². The number of carbonyl (C=O) groups is 1. The molecule has 0 aliphatic carbocycles. The van der Waals surface area contributed by atoms with Gasteiger partial charge in [0, 0.05) is 26.2 Å². The summed E-state index contributed by atoms with van der Waals surface area (Å²) in [6.07, 6.45) is 7.16. The molecule has 0 heterocycles. The molecule has 0 aromatic heterocycles. The van der Waals surface area contributed by atoms with Gasteiger partial charge in [-0.25, -0.2) is 0 Å².